The Balaban J connectivity index is 2.14. The van der Waals surface area contributed by atoms with Gasteiger partial charge in [0.15, 0.2) is 17.3 Å². The lowest BCUT2D eigenvalue weighted by Gasteiger charge is -1.91. The van der Waals surface area contributed by atoms with E-state index in [1.807, 2.05) is 18.4 Å². The third kappa shape index (κ3) is 2.48. The van der Waals surface area contributed by atoms with Gasteiger partial charge in [-0.05, 0) is 34.2 Å². The van der Waals surface area contributed by atoms with Crippen LogP contribution in [0.1, 0.15) is 16.1 Å². The summed E-state index contributed by atoms with van der Waals surface area (Å²) in [5.41, 5.74) is 12.4. The van der Waals surface area contributed by atoms with Crippen LogP contribution in [-0.4, -0.2) is 22.4 Å². The Bertz CT molecular complexity index is 570. The topological polar surface area (TPSA) is 116 Å². The van der Waals surface area contributed by atoms with Gasteiger partial charge in [0, 0.05) is 0 Å². The van der Waals surface area contributed by atoms with Gasteiger partial charge in [-0.3, -0.25) is 0 Å². The molecule has 0 aliphatic heterocycles. The Hall–Kier alpha value is -2.22. The number of nitrogens with two attached hydrogens (primary N) is 2. The first-order valence-corrected chi connectivity index (χ1v) is 5.55. The molecular formula is C9H10N6OS. The number of rotatable bonds is 3. The van der Waals surface area contributed by atoms with Gasteiger partial charge in [0.2, 0.25) is 0 Å². The van der Waals surface area contributed by atoms with E-state index in [0.717, 1.165) is 10.4 Å². The first-order valence-electron chi connectivity index (χ1n) is 4.67. The highest BCUT2D eigenvalue weighted by molar-refractivity contribution is 7.11. The van der Waals surface area contributed by atoms with Crippen molar-refractivity contribution in [2.24, 2.45) is 15.9 Å². The average Bonchev–Trinajstić information content (AvgIpc) is 2.88. The molecule has 0 saturated carbocycles. The lowest BCUT2D eigenvalue weighted by Crippen LogP contribution is -2.15. The van der Waals surface area contributed by atoms with E-state index in [4.69, 9.17) is 11.5 Å². The molecule has 2 rings (SSSR count). The van der Waals surface area contributed by atoms with E-state index in [0.29, 0.717) is 0 Å². The molecule has 7 nitrogen and oxygen atoms in total. The van der Waals surface area contributed by atoms with Gasteiger partial charge in [0.25, 0.3) is 0 Å². The fraction of sp³-hybridized carbons (Fsp3) is 0.111. The Labute approximate surface area is 101 Å². The summed E-state index contributed by atoms with van der Waals surface area (Å²) in [5, 5.41) is 16.5. The highest BCUT2D eigenvalue weighted by Crippen LogP contribution is 2.12. The molecule has 0 aliphatic carbocycles. The van der Waals surface area contributed by atoms with E-state index in [1.165, 1.54) is 0 Å². The summed E-state index contributed by atoms with van der Waals surface area (Å²) >= 11 is 1.57. The molecule has 8 heteroatoms. The van der Waals surface area contributed by atoms with Crippen molar-refractivity contribution < 1.29 is 4.63 Å². The molecule has 0 spiro atoms. The van der Waals surface area contributed by atoms with Crippen molar-refractivity contribution in [3.63, 3.8) is 0 Å². The molecule has 2 heterocycles. The van der Waals surface area contributed by atoms with Crippen LogP contribution in [0.2, 0.25) is 0 Å². The third-order valence-electron chi connectivity index (χ3n) is 2.00. The number of nitrogen functional groups attached to an aromatic ring is 1. The highest BCUT2D eigenvalue weighted by atomic mass is 32.1. The Kier molecular flexibility index (Phi) is 3.15. The summed E-state index contributed by atoms with van der Waals surface area (Å²) in [6.45, 7) is 1.99. The van der Waals surface area contributed by atoms with Crippen molar-refractivity contribution in [1.82, 2.24) is 10.3 Å². The summed E-state index contributed by atoms with van der Waals surface area (Å²) in [4.78, 5) is 1.02. The van der Waals surface area contributed by atoms with Crippen LogP contribution in [0, 0.1) is 6.92 Å². The fourth-order valence-electron chi connectivity index (χ4n) is 1.08. The molecule has 0 bridgehead atoms. The standard InChI is InChI=1S/C9H10N6OS/c1-5-2-3-17-6(5)4-12-13-8(10)7-9(11)15-16-14-7/h2-4H,1H3,(H2,10,13)(H2,11,15)/b12-4+. The number of hydrogen-bond acceptors (Lipinski definition) is 7. The zero-order chi connectivity index (χ0) is 12.3. The van der Waals surface area contributed by atoms with Gasteiger partial charge in [-0.2, -0.15) is 5.10 Å². The molecule has 0 atom stereocenters. The smallest absolute Gasteiger partial charge is 0.199 e. The summed E-state index contributed by atoms with van der Waals surface area (Å²) in [7, 11) is 0. The van der Waals surface area contributed by atoms with Crippen LogP contribution in [0.4, 0.5) is 5.82 Å². The maximum absolute atomic E-state index is 5.61. The number of thiophene rings is 1. The van der Waals surface area contributed by atoms with Crippen LogP contribution in [0.15, 0.2) is 26.3 Å². The molecule has 2 aromatic rings. The largest absolute Gasteiger partial charge is 0.380 e. The van der Waals surface area contributed by atoms with Gasteiger partial charge in [-0.25, -0.2) is 4.63 Å². The van der Waals surface area contributed by atoms with E-state index in [1.54, 1.807) is 17.6 Å². The van der Waals surface area contributed by atoms with Gasteiger partial charge in [0.05, 0.1) is 11.1 Å². The van der Waals surface area contributed by atoms with Crippen LogP contribution < -0.4 is 11.5 Å². The molecule has 0 aromatic carbocycles. The van der Waals surface area contributed by atoms with Crippen molar-refractivity contribution in [3.05, 3.63) is 27.6 Å². The molecule has 88 valence electrons. The zero-order valence-corrected chi connectivity index (χ0v) is 9.81. The van der Waals surface area contributed by atoms with E-state index in [-0.39, 0.29) is 17.3 Å². The summed E-state index contributed by atoms with van der Waals surface area (Å²) in [6.07, 6.45) is 1.62. The third-order valence-corrected chi connectivity index (χ3v) is 2.95. The molecule has 4 N–H and O–H groups in total. The van der Waals surface area contributed by atoms with E-state index < -0.39 is 0 Å². The van der Waals surface area contributed by atoms with Gasteiger partial charge in [-0.1, -0.05) is 0 Å². The zero-order valence-electron chi connectivity index (χ0n) is 8.99. The van der Waals surface area contributed by atoms with Crippen LogP contribution in [0.3, 0.4) is 0 Å². The summed E-state index contributed by atoms with van der Waals surface area (Å²) < 4.78 is 4.40. The second-order valence-corrected chi connectivity index (χ2v) is 4.14. The minimum Gasteiger partial charge on any atom is -0.380 e. The van der Waals surface area contributed by atoms with Crippen molar-refractivity contribution >= 4 is 29.2 Å². The minimum atomic E-state index is 0.0641. The molecule has 0 saturated heterocycles. The van der Waals surface area contributed by atoms with Crippen molar-refractivity contribution in [2.45, 2.75) is 6.92 Å². The van der Waals surface area contributed by atoms with Crippen LogP contribution in [0.5, 0.6) is 0 Å². The van der Waals surface area contributed by atoms with Crippen LogP contribution in [0.25, 0.3) is 0 Å². The number of aromatic nitrogens is 2. The lowest BCUT2D eigenvalue weighted by atomic mass is 10.3. The maximum Gasteiger partial charge on any atom is 0.199 e. The molecular weight excluding hydrogens is 240 g/mol. The van der Waals surface area contributed by atoms with Gasteiger partial charge >= 0.3 is 0 Å². The average molecular weight is 250 g/mol. The molecule has 0 fully saturated rings. The van der Waals surface area contributed by atoms with Crippen molar-refractivity contribution in [2.75, 3.05) is 5.73 Å². The number of amidine groups is 1. The number of nitrogens with zero attached hydrogens (tertiary/aromatic N) is 4. The predicted molar refractivity (Wildman–Crippen MR) is 66.1 cm³/mol. The molecule has 0 aliphatic rings. The second-order valence-electron chi connectivity index (χ2n) is 3.20. The van der Waals surface area contributed by atoms with E-state index >= 15 is 0 Å². The maximum atomic E-state index is 5.61. The van der Waals surface area contributed by atoms with E-state index in [9.17, 15) is 0 Å². The Morgan fingerprint density at radius 3 is 2.94 bits per heavy atom. The fourth-order valence-corrected chi connectivity index (χ4v) is 1.86. The molecule has 17 heavy (non-hydrogen) atoms. The number of aryl methyl sites for hydroxylation is 1. The van der Waals surface area contributed by atoms with E-state index in [2.05, 4.69) is 25.1 Å². The lowest BCUT2D eigenvalue weighted by molar-refractivity contribution is 0.308. The van der Waals surface area contributed by atoms with Gasteiger partial charge in [-0.15, -0.1) is 16.4 Å². The molecule has 0 radical (unpaired) electrons. The number of anilines is 1. The highest BCUT2D eigenvalue weighted by Gasteiger charge is 2.09. The van der Waals surface area contributed by atoms with Gasteiger partial charge < -0.3 is 11.5 Å². The first-order chi connectivity index (χ1) is 8.18. The monoisotopic (exact) mass is 250 g/mol. The quantitative estimate of drug-likeness (QED) is 0.474. The van der Waals surface area contributed by atoms with Crippen molar-refractivity contribution in [1.29, 1.82) is 0 Å². The Morgan fingerprint density at radius 2 is 2.35 bits per heavy atom. The minimum absolute atomic E-state index is 0.0641. The molecule has 2 aromatic heterocycles. The number of hydrogen-bond donors (Lipinski definition) is 2. The Morgan fingerprint density at radius 1 is 1.53 bits per heavy atom. The first kappa shape index (κ1) is 11.3. The van der Waals surface area contributed by atoms with Crippen LogP contribution >= 0.6 is 11.3 Å². The van der Waals surface area contributed by atoms with Crippen LogP contribution in [-0.2, 0) is 0 Å². The predicted octanol–water partition coefficient (Wildman–Crippen LogP) is 0.761. The summed E-state index contributed by atoms with van der Waals surface area (Å²) in [6, 6.07) is 2.00. The molecule has 0 amide bonds. The normalized spacial score (nSPS) is 12.4. The second kappa shape index (κ2) is 4.74. The summed E-state index contributed by atoms with van der Waals surface area (Å²) in [5.74, 6) is 0.156. The van der Waals surface area contributed by atoms with Gasteiger partial charge in [0.1, 0.15) is 0 Å². The van der Waals surface area contributed by atoms with Crippen molar-refractivity contribution in [3.8, 4) is 0 Å². The SMILES string of the molecule is Cc1ccsc1/C=N/N=C(/N)c1nonc1N. The molecule has 0 unspecified atom stereocenters.